The lowest BCUT2D eigenvalue weighted by molar-refractivity contribution is 0.0648. The van der Waals surface area contributed by atoms with E-state index in [1.165, 1.54) is 11.0 Å². The Bertz CT molecular complexity index is 1320. The molecule has 0 unspecified atom stereocenters. The van der Waals surface area contributed by atoms with E-state index in [2.05, 4.69) is 0 Å². The van der Waals surface area contributed by atoms with Gasteiger partial charge in [0.2, 0.25) is 0 Å². The van der Waals surface area contributed by atoms with Crippen LogP contribution in [-0.2, 0) is 22.8 Å². The first kappa shape index (κ1) is 21.6. The third-order valence-electron chi connectivity index (χ3n) is 5.56. The molecular formula is C23H22ClNO5S. The maximum absolute atomic E-state index is 13.4. The average molecular weight is 460 g/mol. The molecule has 1 aliphatic rings. The monoisotopic (exact) mass is 459 g/mol. The van der Waals surface area contributed by atoms with E-state index in [-0.39, 0.29) is 29.2 Å². The van der Waals surface area contributed by atoms with Gasteiger partial charge in [0.25, 0.3) is 5.91 Å². The molecule has 2 heterocycles. The summed E-state index contributed by atoms with van der Waals surface area (Å²) in [5.41, 5.74) is 1.79. The van der Waals surface area contributed by atoms with Gasteiger partial charge < -0.3 is 9.32 Å². The number of hydrogen-bond donors (Lipinski definition) is 0. The fourth-order valence-electron chi connectivity index (χ4n) is 3.89. The fraction of sp³-hybridized carbons (Fsp3) is 0.304. The van der Waals surface area contributed by atoms with Gasteiger partial charge in [-0.15, -0.1) is 0 Å². The third kappa shape index (κ3) is 4.67. The largest absolute Gasteiger partial charge is 0.451 e. The van der Waals surface area contributed by atoms with Crippen LogP contribution in [0.1, 0.15) is 35.0 Å². The smallest absolute Gasteiger partial charge is 0.290 e. The molecule has 2 aromatic carbocycles. The van der Waals surface area contributed by atoms with Crippen molar-refractivity contribution >= 4 is 38.3 Å². The van der Waals surface area contributed by atoms with Gasteiger partial charge in [-0.05, 0) is 48.2 Å². The van der Waals surface area contributed by atoms with Crippen molar-refractivity contribution in [2.24, 2.45) is 0 Å². The van der Waals surface area contributed by atoms with Crippen molar-refractivity contribution in [2.45, 2.75) is 32.4 Å². The number of rotatable bonds is 5. The molecule has 0 bridgehead atoms. The number of sulfone groups is 1. The molecule has 1 aromatic heterocycles. The van der Waals surface area contributed by atoms with Crippen molar-refractivity contribution in [1.82, 2.24) is 4.90 Å². The molecule has 0 spiro atoms. The summed E-state index contributed by atoms with van der Waals surface area (Å²) in [5, 5.41) is 0.939. The van der Waals surface area contributed by atoms with Crippen LogP contribution < -0.4 is 5.43 Å². The zero-order chi connectivity index (χ0) is 22.2. The molecule has 8 heteroatoms. The molecule has 1 aliphatic heterocycles. The number of aryl methyl sites for hydroxylation is 1. The summed E-state index contributed by atoms with van der Waals surface area (Å²) in [6.45, 7) is 2.15. The predicted molar refractivity (Wildman–Crippen MR) is 120 cm³/mol. The van der Waals surface area contributed by atoms with E-state index in [1.54, 1.807) is 30.3 Å². The molecule has 4 rings (SSSR count). The molecule has 31 heavy (non-hydrogen) atoms. The zero-order valence-electron chi connectivity index (χ0n) is 17.0. The summed E-state index contributed by atoms with van der Waals surface area (Å²) in [6.07, 6.45) is 1.12. The Morgan fingerprint density at radius 1 is 1.16 bits per heavy atom. The van der Waals surface area contributed by atoms with Crippen LogP contribution in [0.25, 0.3) is 11.0 Å². The summed E-state index contributed by atoms with van der Waals surface area (Å²) in [7, 11) is -3.22. The first-order chi connectivity index (χ1) is 14.8. The van der Waals surface area contributed by atoms with E-state index in [1.807, 2.05) is 19.1 Å². The van der Waals surface area contributed by atoms with Crippen LogP contribution in [0.3, 0.4) is 0 Å². The van der Waals surface area contributed by atoms with Gasteiger partial charge in [0, 0.05) is 23.7 Å². The van der Waals surface area contributed by atoms with E-state index in [0.29, 0.717) is 22.4 Å². The molecule has 162 valence electrons. The van der Waals surface area contributed by atoms with Gasteiger partial charge in [-0.3, -0.25) is 9.59 Å². The van der Waals surface area contributed by atoms with Crippen molar-refractivity contribution in [3.05, 3.63) is 80.7 Å². The summed E-state index contributed by atoms with van der Waals surface area (Å²) < 4.78 is 29.9. The summed E-state index contributed by atoms with van der Waals surface area (Å²) >= 11 is 6.08. The molecule has 1 atom stereocenters. The zero-order valence-corrected chi connectivity index (χ0v) is 18.6. The minimum absolute atomic E-state index is 0.0262. The number of nitrogens with zero attached hydrogens (tertiary/aromatic N) is 1. The van der Waals surface area contributed by atoms with E-state index in [9.17, 15) is 18.0 Å². The average Bonchev–Trinajstić information content (AvgIpc) is 3.10. The Labute approximate surface area is 185 Å². The normalized spacial score (nSPS) is 17.7. The van der Waals surface area contributed by atoms with Crippen molar-refractivity contribution in [2.75, 3.05) is 11.5 Å². The van der Waals surface area contributed by atoms with Gasteiger partial charge >= 0.3 is 0 Å². The number of halogens is 1. The van der Waals surface area contributed by atoms with Crippen LogP contribution >= 0.6 is 11.6 Å². The first-order valence-electron chi connectivity index (χ1n) is 10.1. The number of hydrogen-bond acceptors (Lipinski definition) is 5. The van der Waals surface area contributed by atoms with Gasteiger partial charge in [0.1, 0.15) is 5.58 Å². The molecule has 0 aliphatic carbocycles. The van der Waals surface area contributed by atoms with Gasteiger partial charge in [0.05, 0.1) is 16.9 Å². The van der Waals surface area contributed by atoms with Crippen LogP contribution in [0.5, 0.6) is 0 Å². The molecule has 1 fully saturated rings. The highest BCUT2D eigenvalue weighted by Crippen LogP contribution is 2.24. The van der Waals surface area contributed by atoms with Crippen molar-refractivity contribution in [3.8, 4) is 0 Å². The fourth-order valence-corrected chi connectivity index (χ4v) is 5.83. The number of fused-ring (bicyclic) bond motifs is 1. The van der Waals surface area contributed by atoms with Crippen LogP contribution in [-0.4, -0.2) is 36.8 Å². The Hall–Kier alpha value is -2.64. The van der Waals surface area contributed by atoms with Crippen LogP contribution in [0, 0.1) is 0 Å². The quantitative estimate of drug-likeness (QED) is 0.578. The van der Waals surface area contributed by atoms with Crippen LogP contribution in [0.4, 0.5) is 0 Å². The Morgan fingerprint density at radius 3 is 2.65 bits per heavy atom. The van der Waals surface area contributed by atoms with E-state index >= 15 is 0 Å². The lowest BCUT2D eigenvalue weighted by Gasteiger charge is -2.28. The molecule has 1 amide bonds. The second kappa shape index (κ2) is 8.48. The number of carbonyl (C=O) groups excluding carboxylic acids is 1. The highest BCUT2D eigenvalue weighted by atomic mass is 35.5. The third-order valence-corrected chi connectivity index (χ3v) is 7.55. The first-order valence-corrected chi connectivity index (χ1v) is 12.3. The highest BCUT2D eigenvalue weighted by Gasteiger charge is 2.36. The summed E-state index contributed by atoms with van der Waals surface area (Å²) in [4.78, 5) is 27.6. The molecule has 0 saturated carbocycles. The maximum atomic E-state index is 13.4. The number of amides is 1. The SMILES string of the molecule is CCc1ccc2oc(C(=O)N(Cc3cccc(Cl)c3)[C@@H]3CCS(=O)(=O)C3)cc(=O)c2c1. The van der Waals surface area contributed by atoms with E-state index in [0.717, 1.165) is 17.5 Å². The maximum Gasteiger partial charge on any atom is 0.290 e. The molecule has 0 radical (unpaired) electrons. The van der Waals surface area contributed by atoms with Gasteiger partial charge in [-0.1, -0.05) is 36.7 Å². The highest BCUT2D eigenvalue weighted by molar-refractivity contribution is 7.91. The molecular weight excluding hydrogens is 438 g/mol. The van der Waals surface area contributed by atoms with Crippen molar-refractivity contribution in [1.29, 1.82) is 0 Å². The Kier molecular flexibility index (Phi) is 5.90. The number of benzene rings is 2. The van der Waals surface area contributed by atoms with E-state index < -0.39 is 21.8 Å². The topological polar surface area (TPSA) is 84.7 Å². The second-order valence-corrected chi connectivity index (χ2v) is 10.4. The molecule has 3 aromatic rings. The van der Waals surface area contributed by atoms with Gasteiger partial charge in [-0.25, -0.2) is 8.42 Å². The standard InChI is InChI=1S/C23H22ClNO5S/c1-2-15-6-7-21-19(11-15)20(26)12-22(30-21)23(27)25(18-8-9-31(28,29)14-18)13-16-4-3-5-17(24)10-16/h3-7,10-12,18H,2,8-9,13-14H2,1H3/t18-/m1/s1. The lowest BCUT2D eigenvalue weighted by Crippen LogP contribution is -2.40. The summed E-state index contributed by atoms with van der Waals surface area (Å²) in [5.74, 6) is -0.705. The molecule has 6 nitrogen and oxygen atoms in total. The van der Waals surface area contributed by atoms with Gasteiger partial charge in [-0.2, -0.15) is 0 Å². The van der Waals surface area contributed by atoms with E-state index in [4.69, 9.17) is 16.0 Å². The van der Waals surface area contributed by atoms with Crippen LogP contribution in [0.15, 0.2) is 57.7 Å². The van der Waals surface area contributed by atoms with Crippen LogP contribution in [0.2, 0.25) is 5.02 Å². The minimum Gasteiger partial charge on any atom is -0.451 e. The van der Waals surface area contributed by atoms with Gasteiger partial charge in [0.15, 0.2) is 21.0 Å². The molecule has 1 saturated heterocycles. The Morgan fingerprint density at radius 2 is 1.97 bits per heavy atom. The lowest BCUT2D eigenvalue weighted by atomic mass is 10.1. The summed E-state index contributed by atoms with van der Waals surface area (Å²) in [6, 6.07) is 13.0. The van der Waals surface area contributed by atoms with Crippen molar-refractivity contribution in [3.63, 3.8) is 0 Å². The minimum atomic E-state index is -3.22. The molecule has 0 N–H and O–H groups in total. The second-order valence-electron chi connectivity index (χ2n) is 7.78. The predicted octanol–water partition coefficient (Wildman–Crippen LogP) is 3.84. The Balaban J connectivity index is 1.73. The van der Waals surface area contributed by atoms with Crippen molar-refractivity contribution < 1.29 is 17.6 Å². The number of carbonyl (C=O) groups is 1.